The second-order valence-corrected chi connectivity index (χ2v) is 4.21. The molecule has 0 saturated carbocycles. The van der Waals surface area contributed by atoms with Crippen LogP contribution in [0, 0.1) is 3.57 Å². The Labute approximate surface area is 104 Å². The number of halogens is 1. The molecule has 1 heterocycles. The second kappa shape index (κ2) is 4.12. The largest absolute Gasteiger partial charge is 0.507 e. The standard InChI is InChI=1S/C10H6INO4/c11-6-2-1-5(3-8(6)13)9-4-7(10(14)15)12-16-9/h1-4,13H,(H,14,15). The molecular weight excluding hydrogens is 325 g/mol. The van der Waals surface area contributed by atoms with Crippen LogP contribution in [0.15, 0.2) is 28.8 Å². The van der Waals surface area contributed by atoms with E-state index in [1.54, 1.807) is 12.1 Å². The SMILES string of the molecule is O=C(O)c1cc(-c2ccc(I)c(O)c2)on1. The fourth-order valence-electron chi connectivity index (χ4n) is 1.18. The first-order valence-electron chi connectivity index (χ1n) is 4.27. The molecule has 1 aromatic heterocycles. The molecule has 2 rings (SSSR count). The van der Waals surface area contributed by atoms with Gasteiger partial charge in [-0.2, -0.15) is 0 Å². The fraction of sp³-hybridized carbons (Fsp3) is 0. The van der Waals surface area contributed by atoms with E-state index in [1.165, 1.54) is 12.1 Å². The highest BCUT2D eigenvalue weighted by atomic mass is 127. The third-order valence-electron chi connectivity index (χ3n) is 1.96. The van der Waals surface area contributed by atoms with E-state index in [1.807, 2.05) is 22.6 Å². The number of benzene rings is 1. The van der Waals surface area contributed by atoms with Gasteiger partial charge in [0.05, 0.1) is 3.57 Å². The molecule has 6 heteroatoms. The summed E-state index contributed by atoms with van der Waals surface area (Å²) in [5, 5.41) is 21.5. The fourth-order valence-corrected chi connectivity index (χ4v) is 1.51. The summed E-state index contributed by atoms with van der Waals surface area (Å²) in [6.07, 6.45) is 0. The molecular formula is C10H6INO4. The van der Waals surface area contributed by atoms with Crippen molar-refractivity contribution in [1.82, 2.24) is 5.16 Å². The van der Waals surface area contributed by atoms with E-state index in [4.69, 9.17) is 9.63 Å². The van der Waals surface area contributed by atoms with Gasteiger partial charge in [0.2, 0.25) is 0 Å². The van der Waals surface area contributed by atoms with Gasteiger partial charge in [0, 0.05) is 11.6 Å². The van der Waals surface area contributed by atoms with Crippen molar-refractivity contribution in [3.8, 4) is 17.1 Å². The summed E-state index contributed by atoms with van der Waals surface area (Å²) in [6, 6.07) is 6.22. The quantitative estimate of drug-likeness (QED) is 0.826. The number of hydrogen-bond donors (Lipinski definition) is 2. The molecule has 16 heavy (non-hydrogen) atoms. The molecule has 5 nitrogen and oxygen atoms in total. The molecule has 0 radical (unpaired) electrons. The lowest BCUT2D eigenvalue weighted by atomic mass is 10.1. The molecule has 0 fully saturated rings. The lowest BCUT2D eigenvalue weighted by molar-refractivity contribution is 0.0686. The average molecular weight is 331 g/mol. The summed E-state index contributed by atoms with van der Waals surface area (Å²) >= 11 is 1.99. The van der Waals surface area contributed by atoms with Crippen LogP contribution < -0.4 is 0 Å². The molecule has 0 bridgehead atoms. The van der Waals surface area contributed by atoms with Gasteiger partial charge in [0.25, 0.3) is 0 Å². The van der Waals surface area contributed by atoms with Crippen molar-refractivity contribution in [3.05, 3.63) is 33.5 Å². The van der Waals surface area contributed by atoms with Crippen LogP contribution in [-0.4, -0.2) is 21.3 Å². The Morgan fingerprint density at radius 2 is 2.12 bits per heavy atom. The van der Waals surface area contributed by atoms with Gasteiger partial charge in [-0.25, -0.2) is 4.79 Å². The Kier molecular flexibility index (Phi) is 2.82. The van der Waals surface area contributed by atoms with E-state index < -0.39 is 5.97 Å². The number of aromatic hydroxyl groups is 1. The van der Waals surface area contributed by atoms with Crippen LogP contribution in [-0.2, 0) is 0 Å². The molecule has 0 atom stereocenters. The molecule has 0 aliphatic heterocycles. The first-order valence-corrected chi connectivity index (χ1v) is 5.34. The van der Waals surface area contributed by atoms with Gasteiger partial charge in [-0.05, 0) is 40.8 Å². The van der Waals surface area contributed by atoms with E-state index in [9.17, 15) is 9.90 Å². The molecule has 1 aromatic carbocycles. The third kappa shape index (κ3) is 2.01. The van der Waals surface area contributed by atoms with Crippen molar-refractivity contribution >= 4 is 28.6 Å². The zero-order valence-corrected chi connectivity index (χ0v) is 10.0. The minimum atomic E-state index is -1.15. The summed E-state index contributed by atoms with van der Waals surface area (Å²) in [6.45, 7) is 0. The van der Waals surface area contributed by atoms with Crippen molar-refractivity contribution in [2.45, 2.75) is 0 Å². The zero-order chi connectivity index (χ0) is 11.7. The molecule has 0 unspecified atom stereocenters. The first kappa shape index (κ1) is 10.9. The third-order valence-corrected chi connectivity index (χ3v) is 2.87. The lowest BCUT2D eigenvalue weighted by Crippen LogP contribution is -1.94. The Balaban J connectivity index is 2.42. The highest BCUT2D eigenvalue weighted by molar-refractivity contribution is 14.1. The van der Waals surface area contributed by atoms with Crippen molar-refractivity contribution in [3.63, 3.8) is 0 Å². The summed E-state index contributed by atoms with van der Waals surface area (Å²) in [4.78, 5) is 10.6. The van der Waals surface area contributed by atoms with Crippen molar-refractivity contribution in [2.24, 2.45) is 0 Å². The summed E-state index contributed by atoms with van der Waals surface area (Å²) in [7, 11) is 0. The molecule has 0 aliphatic carbocycles. The summed E-state index contributed by atoms with van der Waals surface area (Å²) in [5.41, 5.74) is 0.422. The number of phenols is 1. The predicted molar refractivity (Wildman–Crippen MR) is 63.3 cm³/mol. The number of carboxylic acids is 1. The maximum absolute atomic E-state index is 10.6. The summed E-state index contributed by atoms with van der Waals surface area (Å²) in [5.74, 6) is -0.722. The van der Waals surface area contributed by atoms with Crippen molar-refractivity contribution < 1.29 is 19.5 Å². The van der Waals surface area contributed by atoms with Crippen LogP contribution in [0.25, 0.3) is 11.3 Å². The van der Waals surface area contributed by atoms with Gasteiger partial charge < -0.3 is 14.7 Å². The molecule has 2 aromatic rings. The number of phenolic OH excluding ortho intramolecular Hbond substituents is 1. The van der Waals surface area contributed by atoms with Crippen molar-refractivity contribution in [2.75, 3.05) is 0 Å². The van der Waals surface area contributed by atoms with Gasteiger partial charge in [0.1, 0.15) is 5.75 Å². The van der Waals surface area contributed by atoms with Gasteiger partial charge in [-0.15, -0.1) is 0 Å². The average Bonchev–Trinajstić information content (AvgIpc) is 2.71. The number of aromatic carboxylic acids is 1. The van der Waals surface area contributed by atoms with Crippen LogP contribution >= 0.6 is 22.6 Å². The van der Waals surface area contributed by atoms with Gasteiger partial charge in [-0.3, -0.25) is 0 Å². The maximum atomic E-state index is 10.6. The molecule has 0 spiro atoms. The van der Waals surface area contributed by atoms with Gasteiger partial charge in [-0.1, -0.05) is 5.16 Å². The molecule has 0 amide bonds. The maximum Gasteiger partial charge on any atom is 0.358 e. The van der Waals surface area contributed by atoms with E-state index >= 15 is 0 Å². The Bertz CT molecular complexity index is 550. The Hall–Kier alpha value is -1.57. The van der Waals surface area contributed by atoms with Gasteiger partial charge in [0.15, 0.2) is 11.5 Å². The number of rotatable bonds is 2. The molecule has 82 valence electrons. The minimum Gasteiger partial charge on any atom is -0.507 e. The first-order chi connectivity index (χ1) is 7.58. The highest BCUT2D eigenvalue weighted by Crippen LogP contribution is 2.27. The predicted octanol–water partition coefficient (Wildman–Crippen LogP) is 2.35. The Morgan fingerprint density at radius 3 is 2.69 bits per heavy atom. The van der Waals surface area contributed by atoms with E-state index in [-0.39, 0.29) is 11.4 Å². The van der Waals surface area contributed by atoms with E-state index in [0.717, 1.165) is 0 Å². The number of nitrogens with zero attached hydrogens (tertiary/aromatic N) is 1. The van der Waals surface area contributed by atoms with E-state index in [2.05, 4.69) is 5.16 Å². The zero-order valence-electron chi connectivity index (χ0n) is 7.85. The molecule has 0 aliphatic rings. The number of aromatic nitrogens is 1. The van der Waals surface area contributed by atoms with Crippen LogP contribution in [0.1, 0.15) is 10.5 Å². The topological polar surface area (TPSA) is 83.6 Å². The normalized spacial score (nSPS) is 10.3. The monoisotopic (exact) mass is 331 g/mol. The summed E-state index contributed by atoms with van der Waals surface area (Å²) < 4.78 is 5.57. The molecule has 2 N–H and O–H groups in total. The second-order valence-electron chi connectivity index (χ2n) is 3.05. The van der Waals surface area contributed by atoms with Crippen LogP contribution in [0.5, 0.6) is 5.75 Å². The van der Waals surface area contributed by atoms with E-state index in [0.29, 0.717) is 14.9 Å². The van der Waals surface area contributed by atoms with Crippen LogP contribution in [0.4, 0.5) is 0 Å². The highest BCUT2D eigenvalue weighted by Gasteiger charge is 2.12. The van der Waals surface area contributed by atoms with Crippen molar-refractivity contribution in [1.29, 1.82) is 0 Å². The minimum absolute atomic E-state index is 0.117. The lowest BCUT2D eigenvalue weighted by Gasteiger charge is -1.98. The van der Waals surface area contributed by atoms with Crippen LogP contribution in [0.3, 0.4) is 0 Å². The van der Waals surface area contributed by atoms with Crippen LogP contribution in [0.2, 0.25) is 0 Å². The number of carboxylic acid groups (broad SMARTS) is 1. The smallest absolute Gasteiger partial charge is 0.358 e. The Morgan fingerprint density at radius 1 is 1.38 bits per heavy atom. The number of hydrogen-bond acceptors (Lipinski definition) is 4. The van der Waals surface area contributed by atoms with Gasteiger partial charge >= 0.3 is 5.97 Å². The number of carbonyl (C=O) groups is 1. The molecule has 0 saturated heterocycles.